The predicted molar refractivity (Wildman–Crippen MR) is 64.8 cm³/mol. The Morgan fingerprint density at radius 2 is 1.95 bits per heavy atom. The van der Waals surface area contributed by atoms with Gasteiger partial charge in [-0.2, -0.15) is 0 Å². The molecule has 1 heterocycles. The maximum Gasteiger partial charge on any atom is 0.327 e. The Morgan fingerprint density at radius 3 is 2.47 bits per heavy atom. The summed E-state index contributed by atoms with van der Waals surface area (Å²) >= 11 is 0. The molecule has 1 saturated heterocycles. The minimum atomic E-state index is -0.511. The first-order valence-electron chi connectivity index (χ1n) is 5.58. The molecule has 0 unspecified atom stereocenters. The van der Waals surface area contributed by atoms with Crippen LogP contribution in [0.5, 0.6) is 0 Å². The largest absolute Gasteiger partial charge is 0.327 e. The molecule has 7 heteroatoms. The summed E-state index contributed by atoms with van der Waals surface area (Å²) in [5, 5.41) is 2.48. The van der Waals surface area contributed by atoms with Crippen LogP contribution in [0.2, 0.25) is 0 Å². The minimum Gasteiger partial charge on any atom is -0.325 e. The van der Waals surface area contributed by atoms with E-state index in [0.29, 0.717) is 5.69 Å². The zero-order valence-corrected chi connectivity index (χ0v) is 10.2. The van der Waals surface area contributed by atoms with Crippen LogP contribution in [0, 0.1) is 5.82 Å². The molecule has 0 saturated carbocycles. The average Bonchev–Trinajstić information content (AvgIpc) is 2.59. The monoisotopic (exact) mass is 265 g/mol. The molecular weight excluding hydrogens is 253 g/mol. The molecule has 0 aromatic heterocycles. The van der Waals surface area contributed by atoms with E-state index in [1.807, 2.05) is 0 Å². The van der Waals surface area contributed by atoms with Crippen LogP contribution in [0.25, 0.3) is 0 Å². The molecule has 100 valence electrons. The van der Waals surface area contributed by atoms with Crippen LogP contribution >= 0.6 is 0 Å². The van der Waals surface area contributed by atoms with Gasteiger partial charge in [0.05, 0.1) is 0 Å². The van der Waals surface area contributed by atoms with Gasteiger partial charge in [0.2, 0.25) is 5.91 Å². The van der Waals surface area contributed by atoms with Crippen LogP contribution in [0.1, 0.15) is 0 Å². The van der Waals surface area contributed by atoms with Gasteiger partial charge in [0.25, 0.3) is 5.91 Å². The number of rotatable bonds is 3. The van der Waals surface area contributed by atoms with Crippen LogP contribution in [0.4, 0.5) is 14.9 Å². The number of benzene rings is 1. The summed E-state index contributed by atoms with van der Waals surface area (Å²) in [4.78, 5) is 36.8. The molecule has 0 spiro atoms. The molecule has 4 amide bonds. The molecule has 6 nitrogen and oxygen atoms in total. The molecule has 0 bridgehead atoms. The predicted octanol–water partition coefficient (Wildman–Crippen LogP) is 0.658. The number of imide groups is 1. The molecule has 0 aliphatic carbocycles. The fourth-order valence-corrected chi connectivity index (χ4v) is 1.70. The zero-order chi connectivity index (χ0) is 14.0. The summed E-state index contributed by atoms with van der Waals surface area (Å²) in [6.45, 7) is -0.373. The number of hydrogen-bond acceptors (Lipinski definition) is 3. The number of halogens is 1. The first-order valence-corrected chi connectivity index (χ1v) is 5.58. The van der Waals surface area contributed by atoms with Crippen LogP contribution in [0.3, 0.4) is 0 Å². The van der Waals surface area contributed by atoms with Crippen LogP contribution in [0.15, 0.2) is 24.3 Å². The smallest absolute Gasteiger partial charge is 0.325 e. The summed E-state index contributed by atoms with van der Waals surface area (Å²) in [6.07, 6.45) is 0. The van der Waals surface area contributed by atoms with Gasteiger partial charge in [-0.3, -0.25) is 14.5 Å². The Morgan fingerprint density at radius 1 is 1.32 bits per heavy atom. The summed E-state index contributed by atoms with van der Waals surface area (Å²) in [5.74, 6) is -1.34. The van der Waals surface area contributed by atoms with E-state index in [1.165, 1.54) is 36.2 Å². The first kappa shape index (κ1) is 13.0. The molecule has 19 heavy (non-hydrogen) atoms. The van der Waals surface area contributed by atoms with Gasteiger partial charge in [-0.15, -0.1) is 0 Å². The van der Waals surface area contributed by atoms with Crippen molar-refractivity contribution in [3.8, 4) is 0 Å². The molecule has 1 aromatic rings. The molecule has 2 rings (SSSR count). The Bertz CT molecular complexity index is 530. The molecule has 1 fully saturated rings. The quantitative estimate of drug-likeness (QED) is 0.816. The third kappa shape index (κ3) is 2.87. The number of carbonyl (C=O) groups excluding carboxylic acids is 3. The van der Waals surface area contributed by atoms with Crippen molar-refractivity contribution in [3.63, 3.8) is 0 Å². The number of carbonyl (C=O) groups is 3. The standard InChI is InChI=1S/C12H12FN3O3/c1-15-7-11(18)16(12(15)19)6-10(17)14-9-4-2-8(13)3-5-9/h2-5H,6-7H2,1H3,(H,14,17). The van der Waals surface area contributed by atoms with Gasteiger partial charge in [0.1, 0.15) is 18.9 Å². The highest BCUT2D eigenvalue weighted by molar-refractivity contribution is 6.06. The van der Waals surface area contributed by atoms with Gasteiger partial charge >= 0.3 is 6.03 Å². The lowest BCUT2D eigenvalue weighted by Crippen LogP contribution is -2.38. The summed E-state index contributed by atoms with van der Waals surface area (Å²) < 4.78 is 12.7. The Balaban J connectivity index is 1.96. The van der Waals surface area contributed by atoms with Crippen molar-refractivity contribution < 1.29 is 18.8 Å². The van der Waals surface area contributed by atoms with Crippen molar-refractivity contribution in [2.24, 2.45) is 0 Å². The highest BCUT2D eigenvalue weighted by Gasteiger charge is 2.34. The van der Waals surface area contributed by atoms with E-state index < -0.39 is 23.7 Å². The van der Waals surface area contributed by atoms with E-state index in [4.69, 9.17) is 0 Å². The molecule has 1 aromatic carbocycles. The van der Waals surface area contributed by atoms with Crippen molar-refractivity contribution in [3.05, 3.63) is 30.1 Å². The third-order valence-electron chi connectivity index (χ3n) is 2.66. The van der Waals surface area contributed by atoms with E-state index in [2.05, 4.69) is 5.32 Å². The minimum absolute atomic E-state index is 0.0251. The van der Waals surface area contributed by atoms with E-state index in [1.54, 1.807) is 0 Å². The fourth-order valence-electron chi connectivity index (χ4n) is 1.70. The number of nitrogens with one attached hydrogen (secondary N) is 1. The van der Waals surface area contributed by atoms with Gasteiger partial charge in [-0.05, 0) is 24.3 Å². The lowest BCUT2D eigenvalue weighted by atomic mass is 10.3. The van der Waals surface area contributed by atoms with Crippen molar-refractivity contribution >= 4 is 23.5 Å². The molecule has 1 N–H and O–H groups in total. The topological polar surface area (TPSA) is 69.7 Å². The third-order valence-corrected chi connectivity index (χ3v) is 2.66. The second kappa shape index (κ2) is 5.05. The zero-order valence-electron chi connectivity index (χ0n) is 10.2. The van der Waals surface area contributed by atoms with Gasteiger partial charge < -0.3 is 10.2 Å². The number of anilines is 1. The fraction of sp³-hybridized carbons (Fsp3) is 0.250. The maximum absolute atomic E-state index is 12.7. The van der Waals surface area contributed by atoms with Crippen molar-refractivity contribution in [2.75, 3.05) is 25.5 Å². The SMILES string of the molecule is CN1CC(=O)N(CC(=O)Nc2ccc(F)cc2)C1=O. The average molecular weight is 265 g/mol. The van der Waals surface area contributed by atoms with Crippen molar-refractivity contribution in [2.45, 2.75) is 0 Å². The first-order chi connectivity index (χ1) is 8.97. The van der Waals surface area contributed by atoms with E-state index in [-0.39, 0.29) is 13.1 Å². The normalized spacial score (nSPS) is 15.1. The van der Waals surface area contributed by atoms with Crippen LogP contribution in [-0.2, 0) is 9.59 Å². The summed E-state index contributed by atoms with van der Waals surface area (Å²) in [7, 11) is 1.48. The van der Waals surface area contributed by atoms with E-state index in [9.17, 15) is 18.8 Å². The molecule has 1 aliphatic heterocycles. The van der Waals surface area contributed by atoms with E-state index in [0.717, 1.165) is 4.90 Å². The van der Waals surface area contributed by atoms with Gasteiger partial charge in [-0.1, -0.05) is 0 Å². The number of hydrogen-bond donors (Lipinski definition) is 1. The Labute approximate surface area is 108 Å². The molecule has 1 aliphatic rings. The highest BCUT2D eigenvalue weighted by Crippen LogP contribution is 2.10. The Hall–Kier alpha value is -2.44. The van der Waals surface area contributed by atoms with Crippen molar-refractivity contribution in [1.29, 1.82) is 0 Å². The summed E-state index contributed by atoms with van der Waals surface area (Å²) in [5.41, 5.74) is 0.402. The number of amides is 4. The number of urea groups is 1. The molecule has 0 radical (unpaired) electrons. The molecular formula is C12H12FN3O3. The summed E-state index contributed by atoms with van der Waals surface area (Å²) in [6, 6.07) is 4.70. The van der Waals surface area contributed by atoms with Gasteiger partial charge in [0.15, 0.2) is 0 Å². The lowest BCUT2D eigenvalue weighted by molar-refractivity contribution is -0.129. The van der Waals surface area contributed by atoms with Crippen molar-refractivity contribution in [1.82, 2.24) is 9.80 Å². The second-order valence-corrected chi connectivity index (χ2v) is 4.17. The number of likely N-dealkylation sites (N-methyl/N-ethyl adjacent to an activating group) is 1. The van der Waals surface area contributed by atoms with Gasteiger partial charge in [-0.25, -0.2) is 9.18 Å². The second-order valence-electron chi connectivity index (χ2n) is 4.17. The van der Waals surface area contributed by atoms with E-state index >= 15 is 0 Å². The highest BCUT2D eigenvalue weighted by atomic mass is 19.1. The lowest BCUT2D eigenvalue weighted by Gasteiger charge is -2.13. The maximum atomic E-state index is 12.7. The van der Waals surface area contributed by atoms with Gasteiger partial charge in [0, 0.05) is 12.7 Å². The van der Waals surface area contributed by atoms with Crippen LogP contribution < -0.4 is 5.32 Å². The Kier molecular flexibility index (Phi) is 3.46. The molecule has 0 atom stereocenters. The number of nitrogens with zero attached hydrogens (tertiary/aromatic N) is 2. The van der Waals surface area contributed by atoms with Crippen LogP contribution in [-0.4, -0.2) is 47.8 Å².